The number of hydrogen-bond acceptors (Lipinski definition) is 4. The van der Waals surface area contributed by atoms with E-state index in [1.165, 1.54) is 40.6 Å². The fraction of sp³-hybridized carbons (Fsp3) is 0.167. The molecule has 3 rings (SSSR count). The Morgan fingerprint density at radius 1 is 1.17 bits per heavy atom. The maximum Gasteiger partial charge on any atom is 0.261 e. The van der Waals surface area contributed by atoms with Gasteiger partial charge in [-0.25, -0.2) is 9.37 Å². The number of nitrogens with zero attached hydrogens (tertiary/aromatic N) is 2. The number of thioether (sulfide) groups is 1. The smallest absolute Gasteiger partial charge is 0.261 e. The van der Waals surface area contributed by atoms with Gasteiger partial charge in [-0.05, 0) is 43.3 Å². The van der Waals surface area contributed by atoms with Crippen LogP contribution < -0.4 is 5.56 Å². The van der Waals surface area contributed by atoms with Gasteiger partial charge in [-0.3, -0.25) is 14.2 Å². The molecule has 122 valence electrons. The van der Waals surface area contributed by atoms with Crippen molar-refractivity contribution in [2.45, 2.75) is 17.3 Å². The first-order valence-corrected chi connectivity index (χ1v) is 8.27. The van der Waals surface area contributed by atoms with Crippen LogP contribution in [-0.4, -0.2) is 20.6 Å². The molecule has 1 unspecified atom stereocenters. The third kappa shape index (κ3) is 3.10. The van der Waals surface area contributed by atoms with Gasteiger partial charge in [0.25, 0.3) is 5.56 Å². The lowest BCUT2D eigenvalue weighted by atomic mass is 10.1. The summed E-state index contributed by atoms with van der Waals surface area (Å²) in [6.07, 6.45) is 0. The van der Waals surface area contributed by atoms with Gasteiger partial charge >= 0.3 is 0 Å². The van der Waals surface area contributed by atoms with Gasteiger partial charge in [0.05, 0.1) is 16.2 Å². The molecule has 0 aliphatic carbocycles. The molecule has 1 atom stereocenters. The number of rotatable bonds is 4. The van der Waals surface area contributed by atoms with E-state index in [0.29, 0.717) is 21.6 Å². The predicted molar refractivity (Wildman–Crippen MR) is 93.0 cm³/mol. The lowest BCUT2D eigenvalue weighted by Gasteiger charge is -2.13. The van der Waals surface area contributed by atoms with E-state index in [1.807, 2.05) is 6.07 Å². The number of ketones is 1. The van der Waals surface area contributed by atoms with Gasteiger partial charge in [-0.2, -0.15) is 0 Å². The molecule has 0 aliphatic heterocycles. The first kappa shape index (κ1) is 16.4. The van der Waals surface area contributed by atoms with Crippen LogP contribution >= 0.6 is 11.8 Å². The van der Waals surface area contributed by atoms with E-state index in [1.54, 1.807) is 32.2 Å². The molecular formula is C18H15FN2O2S. The first-order valence-electron chi connectivity index (χ1n) is 7.39. The van der Waals surface area contributed by atoms with Gasteiger partial charge in [0, 0.05) is 12.6 Å². The van der Waals surface area contributed by atoms with E-state index < -0.39 is 5.25 Å². The number of benzene rings is 2. The summed E-state index contributed by atoms with van der Waals surface area (Å²) in [5.41, 5.74) is 0.885. The number of aromatic nitrogens is 2. The fourth-order valence-corrected chi connectivity index (χ4v) is 3.31. The van der Waals surface area contributed by atoms with Crippen LogP contribution in [0.15, 0.2) is 58.5 Å². The van der Waals surface area contributed by atoms with Gasteiger partial charge < -0.3 is 0 Å². The van der Waals surface area contributed by atoms with Crippen molar-refractivity contribution in [2.24, 2.45) is 7.05 Å². The molecular weight excluding hydrogens is 327 g/mol. The van der Waals surface area contributed by atoms with Crippen molar-refractivity contribution < 1.29 is 9.18 Å². The Kier molecular flexibility index (Phi) is 4.49. The minimum absolute atomic E-state index is 0.137. The van der Waals surface area contributed by atoms with E-state index in [9.17, 15) is 14.0 Å². The molecule has 3 aromatic rings. The van der Waals surface area contributed by atoms with E-state index in [2.05, 4.69) is 4.98 Å². The molecule has 0 amide bonds. The number of fused-ring (bicyclic) bond motifs is 1. The standard InChI is InChI=1S/C18H15FN2O2S/c1-11(16(22)12-7-9-13(19)10-8-12)24-18-20-15-6-4-3-5-14(15)17(23)21(18)2/h3-11H,1-2H3. The Labute approximate surface area is 142 Å². The quantitative estimate of drug-likeness (QED) is 0.414. The Bertz CT molecular complexity index is 967. The Morgan fingerprint density at radius 3 is 2.54 bits per heavy atom. The molecule has 24 heavy (non-hydrogen) atoms. The summed E-state index contributed by atoms with van der Waals surface area (Å²) >= 11 is 1.21. The van der Waals surface area contributed by atoms with Crippen LogP contribution in [0.25, 0.3) is 10.9 Å². The fourth-order valence-electron chi connectivity index (χ4n) is 2.36. The van der Waals surface area contributed by atoms with Gasteiger partial charge in [0.1, 0.15) is 5.82 Å². The molecule has 0 radical (unpaired) electrons. The number of carbonyl (C=O) groups excluding carboxylic acids is 1. The van der Waals surface area contributed by atoms with Gasteiger partial charge in [-0.15, -0.1) is 0 Å². The number of Topliss-reactive ketones (excluding diaryl/α,β-unsaturated/α-hetero) is 1. The lowest BCUT2D eigenvalue weighted by Crippen LogP contribution is -2.22. The van der Waals surface area contributed by atoms with Crippen molar-refractivity contribution in [3.8, 4) is 0 Å². The molecule has 2 aromatic carbocycles. The van der Waals surface area contributed by atoms with Gasteiger partial charge in [-0.1, -0.05) is 23.9 Å². The molecule has 0 fully saturated rings. The second-order valence-electron chi connectivity index (χ2n) is 5.41. The number of para-hydroxylation sites is 1. The first-order chi connectivity index (χ1) is 11.5. The largest absolute Gasteiger partial charge is 0.293 e. The SMILES string of the molecule is CC(Sc1nc2ccccc2c(=O)n1C)C(=O)c1ccc(F)cc1. The summed E-state index contributed by atoms with van der Waals surface area (Å²) in [5, 5.41) is 0.568. The van der Waals surface area contributed by atoms with Crippen molar-refractivity contribution in [1.82, 2.24) is 9.55 Å². The summed E-state index contributed by atoms with van der Waals surface area (Å²) in [4.78, 5) is 29.3. The van der Waals surface area contributed by atoms with Crippen LogP contribution in [0.2, 0.25) is 0 Å². The topological polar surface area (TPSA) is 52.0 Å². The number of halogens is 1. The maximum atomic E-state index is 13.0. The summed E-state index contributed by atoms with van der Waals surface area (Å²) in [6, 6.07) is 12.5. The number of hydrogen-bond donors (Lipinski definition) is 0. The van der Waals surface area contributed by atoms with Crippen molar-refractivity contribution in [3.63, 3.8) is 0 Å². The maximum absolute atomic E-state index is 13.0. The van der Waals surface area contributed by atoms with E-state index >= 15 is 0 Å². The third-order valence-corrected chi connectivity index (χ3v) is 4.87. The van der Waals surface area contributed by atoms with Crippen molar-refractivity contribution in [1.29, 1.82) is 0 Å². The van der Waals surface area contributed by atoms with E-state index in [-0.39, 0.29) is 17.2 Å². The second-order valence-corrected chi connectivity index (χ2v) is 6.71. The van der Waals surface area contributed by atoms with Crippen molar-refractivity contribution >= 4 is 28.4 Å². The normalized spacial score (nSPS) is 12.3. The number of carbonyl (C=O) groups is 1. The Balaban J connectivity index is 1.91. The molecule has 4 nitrogen and oxygen atoms in total. The highest BCUT2D eigenvalue weighted by atomic mass is 32.2. The molecule has 6 heteroatoms. The average Bonchev–Trinajstić information content (AvgIpc) is 2.59. The minimum Gasteiger partial charge on any atom is -0.293 e. The molecule has 0 aliphatic rings. The van der Waals surface area contributed by atoms with Crippen LogP contribution in [0, 0.1) is 5.82 Å². The summed E-state index contributed by atoms with van der Waals surface area (Å²) in [7, 11) is 1.64. The lowest BCUT2D eigenvalue weighted by molar-refractivity contribution is 0.0994. The monoisotopic (exact) mass is 342 g/mol. The van der Waals surface area contributed by atoms with Gasteiger partial charge in [0.2, 0.25) is 0 Å². The molecule has 1 aromatic heterocycles. The molecule has 0 spiro atoms. The Hall–Kier alpha value is -2.47. The highest BCUT2D eigenvalue weighted by Gasteiger charge is 2.19. The van der Waals surface area contributed by atoms with E-state index in [0.717, 1.165) is 0 Å². The molecule has 0 bridgehead atoms. The average molecular weight is 342 g/mol. The van der Waals surface area contributed by atoms with Crippen LogP contribution in [0.1, 0.15) is 17.3 Å². The highest BCUT2D eigenvalue weighted by molar-refractivity contribution is 8.00. The minimum atomic E-state index is -0.449. The molecule has 0 N–H and O–H groups in total. The molecule has 0 saturated carbocycles. The zero-order chi connectivity index (χ0) is 17.3. The zero-order valence-corrected chi connectivity index (χ0v) is 14.0. The van der Waals surface area contributed by atoms with Crippen LogP contribution in [-0.2, 0) is 7.05 Å². The third-order valence-electron chi connectivity index (χ3n) is 3.72. The summed E-state index contributed by atoms with van der Waals surface area (Å²) in [5.74, 6) is -0.521. The second kappa shape index (κ2) is 6.57. The predicted octanol–water partition coefficient (Wildman–Crippen LogP) is 3.44. The zero-order valence-electron chi connectivity index (χ0n) is 13.2. The van der Waals surface area contributed by atoms with Crippen molar-refractivity contribution in [3.05, 3.63) is 70.3 Å². The molecule has 0 saturated heterocycles. The van der Waals surface area contributed by atoms with Crippen LogP contribution in [0.5, 0.6) is 0 Å². The van der Waals surface area contributed by atoms with Crippen molar-refractivity contribution in [2.75, 3.05) is 0 Å². The summed E-state index contributed by atoms with van der Waals surface area (Å²) < 4.78 is 14.4. The molecule has 1 heterocycles. The van der Waals surface area contributed by atoms with Gasteiger partial charge in [0.15, 0.2) is 10.9 Å². The summed E-state index contributed by atoms with van der Waals surface area (Å²) in [6.45, 7) is 1.75. The highest BCUT2D eigenvalue weighted by Crippen LogP contribution is 2.24. The Morgan fingerprint density at radius 2 is 1.83 bits per heavy atom. The van der Waals surface area contributed by atoms with E-state index in [4.69, 9.17) is 0 Å². The van der Waals surface area contributed by atoms with Crippen LogP contribution in [0.3, 0.4) is 0 Å². The van der Waals surface area contributed by atoms with Crippen LogP contribution in [0.4, 0.5) is 4.39 Å².